The van der Waals surface area contributed by atoms with Crippen LogP contribution in [0.4, 0.5) is 0 Å². The summed E-state index contributed by atoms with van der Waals surface area (Å²) < 4.78 is 20.6. The Hall–Kier alpha value is -3.62. The van der Waals surface area contributed by atoms with E-state index in [1.165, 1.54) is 18.8 Å². The first-order valence-electron chi connectivity index (χ1n) is 8.13. The van der Waals surface area contributed by atoms with Gasteiger partial charge >= 0.3 is 23.9 Å². The maximum absolute atomic E-state index is 12.6. The van der Waals surface area contributed by atoms with Crippen molar-refractivity contribution < 1.29 is 38.1 Å². The van der Waals surface area contributed by atoms with E-state index in [4.69, 9.17) is 18.9 Å². The van der Waals surface area contributed by atoms with E-state index in [9.17, 15) is 19.2 Å². The van der Waals surface area contributed by atoms with Gasteiger partial charge < -0.3 is 23.5 Å². The molecule has 1 unspecified atom stereocenters. The molecule has 2 heterocycles. The van der Waals surface area contributed by atoms with Crippen molar-refractivity contribution in [1.82, 2.24) is 4.57 Å². The number of hydrogen-bond acceptors (Lipinski definition) is 8. The van der Waals surface area contributed by atoms with Gasteiger partial charge in [-0.05, 0) is 0 Å². The number of rotatable bonds is 4. The van der Waals surface area contributed by atoms with E-state index in [1.54, 1.807) is 24.3 Å². The second kappa shape index (κ2) is 7.18. The zero-order valence-corrected chi connectivity index (χ0v) is 15.6. The van der Waals surface area contributed by atoms with E-state index in [0.717, 1.165) is 14.2 Å². The van der Waals surface area contributed by atoms with Crippen LogP contribution >= 0.6 is 0 Å². The zero-order valence-electron chi connectivity index (χ0n) is 15.6. The average molecular weight is 387 g/mol. The summed E-state index contributed by atoms with van der Waals surface area (Å²) in [7, 11) is 4.65. The first kappa shape index (κ1) is 19.2. The van der Waals surface area contributed by atoms with E-state index in [-0.39, 0.29) is 16.8 Å². The molecule has 9 heteroatoms. The molecule has 1 aliphatic heterocycles. The lowest BCUT2D eigenvalue weighted by Crippen LogP contribution is -2.28. The summed E-state index contributed by atoms with van der Waals surface area (Å²) >= 11 is 0. The van der Waals surface area contributed by atoms with Crippen LogP contribution in [0.15, 0.2) is 23.8 Å². The third-order valence-corrected chi connectivity index (χ3v) is 4.55. The number of nitrogens with zero attached hydrogens (tertiary/aromatic N) is 1. The SMILES string of the molecule is COC(=O)C1=C2C=CC=Cc3c(C(=O)OC)c(C(=O)OC)n(c32)C1C(=O)OC. The largest absolute Gasteiger partial charge is 0.467 e. The number of esters is 4. The molecular formula is C19H17NO8. The molecule has 0 saturated carbocycles. The fourth-order valence-corrected chi connectivity index (χ4v) is 3.45. The third-order valence-electron chi connectivity index (χ3n) is 4.55. The van der Waals surface area contributed by atoms with Crippen LogP contribution < -0.4 is 0 Å². The summed E-state index contributed by atoms with van der Waals surface area (Å²) in [5, 5.41) is 0. The predicted molar refractivity (Wildman–Crippen MR) is 95.3 cm³/mol. The van der Waals surface area contributed by atoms with Crippen LogP contribution in [0.5, 0.6) is 0 Å². The van der Waals surface area contributed by atoms with Gasteiger partial charge in [0, 0.05) is 11.1 Å². The molecule has 1 aromatic rings. The van der Waals surface area contributed by atoms with E-state index in [2.05, 4.69) is 0 Å². The highest BCUT2D eigenvalue weighted by molar-refractivity contribution is 6.14. The molecule has 9 nitrogen and oxygen atoms in total. The van der Waals surface area contributed by atoms with Gasteiger partial charge in [-0.25, -0.2) is 19.2 Å². The van der Waals surface area contributed by atoms with Crippen molar-refractivity contribution in [1.29, 1.82) is 0 Å². The van der Waals surface area contributed by atoms with Gasteiger partial charge in [-0.3, -0.25) is 0 Å². The lowest BCUT2D eigenvalue weighted by Gasteiger charge is -2.17. The molecule has 1 atom stereocenters. The molecule has 28 heavy (non-hydrogen) atoms. The normalized spacial score (nSPS) is 16.4. The molecule has 2 aliphatic rings. The summed E-state index contributed by atoms with van der Waals surface area (Å²) in [4.78, 5) is 50.2. The van der Waals surface area contributed by atoms with E-state index >= 15 is 0 Å². The highest BCUT2D eigenvalue weighted by Gasteiger charge is 2.47. The van der Waals surface area contributed by atoms with Crippen molar-refractivity contribution >= 4 is 35.5 Å². The lowest BCUT2D eigenvalue weighted by molar-refractivity contribution is -0.146. The highest BCUT2D eigenvalue weighted by atomic mass is 16.5. The van der Waals surface area contributed by atoms with Gasteiger partial charge in [-0.2, -0.15) is 0 Å². The molecule has 1 aromatic heterocycles. The Morgan fingerprint density at radius 2 is 1.43 bits per heavy atom. The molecule has 1 aliphatic carbocycles. The van der Waals surface area contributed by atoms with Crippen LogP contribution in [0, 0.1) is 0 Å². The monoisotopic (exact) mass is 387 g/mol. The molecule has 0 amide bonds. The highest BCUT2D eigenvalue weighted by Crippen LogP contribution is 2.46. The van der Waals surface area contributed by atoms with Gasteiger partial charge in [-0.15, -0.1) is 0 Å². The van der Waals surface area contributed by atoms with Gasteiger partial charge in [0.25, 0.3) is 0 Å². The minimum absolute atomic E-state index is 0.00730. The Bertz CT molecular complexity index is 992. The molecule has 0 aromatic carbocycles. The number of carbonyl (C=O) groups is 4. The van der Waals surface area contributed by atoms with Crippen molar-refractivity contribution in [3.63, 3.8) is 0 Å². The van der Waals surface area contributed by atoms with Gasteiger partial charge in [0.1, 0.15) is 11.3 Å². The van der Waals surface area contributed by atoms with E-state index < -0.39 is 29.9 Å². The number of ether oxygens (including phenoxy) is 4. The summed E-state index contributed by atoms with van der Waals surface area (Å²) in [6.45, 7) is 0. The number of allylic oxidation sites excluding steroid dienone is 4. The molecule has 0 saturated heterocycles. The van der Waals surface area contributed by atoms with Crippen LogP contribution in [-0.2, 0) is 28.5 Å². The van der Waals surface area contributed by atoms with Gasteiger partial charge in [-0.1, -0.05) is 24.3 Å². The Kier molecular flexibility index (Phi) is 4.91. The Morgan fingerprint density at radius 1 is 0.821 bits per heavy atom. The van der Waals surface area contributed by atoms with Crippen molar-refractivity contribution in [2.24, 2.45) is 0 Å². The van der Waals surface area contributed by atoms with E-state index in [1.807, 2.05) is 0 Å². The molecule has 3 rings (SSSR count). The van der Waals surface area contributed by atoms with Crippen molar-refractivity contribution in [2.45, 2.75) is 6.04 Å². The number of aromatic nitrogens is 1. The fourth-order valence-electron chi connectivity index (χ4n) is 3.45. The molecule has 0 N–H and O–H groups in total. The van der Waals surface area contributed by atoms with Crippen LogP contribution in [0.25, 0.3) is 11.6 Å². The van der Waals surface area contributed by atoms with Crippen LogP contribution in [0.1, 0.15) is 38.1 Å². The van der Waals surface area contributed by atoms with Crippen molar-refractivity contribution in [3.8, 4) is 0 Å². The Morgan fingerprint density at radius 3 is 2.00 bits per heavy atom. The fraction of sp³-hybridized carbons (Fsp3) is 0.263. The van der Waals surface area contributed by atoms with Crippen LogP contribution in [0.3, 0.4) is 0 Å². The summed E-state index contributed by atoms with van der Waals surface area (Å²) in [6, 6.07) is -1.33. The first-order valence-corrected chi connectivity index (χ1v) is 8.13. The van der Waals surface area contributed by atoms with Crippen molar-refractivity contribution in [3.05, 3.63) is 46.3 Å². The molecule has 0 bridgehead atoms. The van der Waals surface area contributed by atoms with Gasteiger partial charge in [0.05, 0.1) is 39.7 Å². The summed E-state index contributed by atoms with van der Waals surface area (Å²) in [5.41, 5.74) is 0.682. The molecular weight excluding hydrogens is 370 g/mol. The number of hydrogen-bond donors (Lipinski definition) is 0. The molecule has 0 radical (unpaired) electrons. The number of carbonyl (C=O) groups excluding carboxylic acids is 4. The van der Waals surface area contributed by atoms with Crippen LogP contribution in [-0.4, -0.2) is 56.9 Å². The number of methoxy groups -OCH3 is 4. The smallest absolute Gasteiger partial charge is 0.355 e. The van der Waals surface area contributed by atoms with Crippen molar-refractivity contribution in [2.75, 3.05) is 28.4 Å². The maximum atomic E-state index is 12.6. The van der Waals surface area contributed by atoms with Crippen LogP contribution in [0.2, 0.25) is 0 Å². The Labute approximate surface area is 159 Å². The first-order chi connectivity index (χ1) is 13.4. The summed E-state index contributed by atoms with van der Waals surface area (Å²) in [6.07, 6.45) is 6.46. The average Bonchev–Trinajstić information content (AvgIpc) is 3.11. The zero-order chi connectivity index (χ0) is 20.6. The molecule has 0 fully saturated rings. The second-order valence-corrected chi connectivity index (χ2v) is 5.80. The quantitative estimate of drug-likeness (QED) is 0.562. The van der Waals surface area contributed by atoms with Gasteiger partial charge in [0.2, 0.25) is 0 Å². The lowest BCUT2D eigenvalue weighted by atomic mass is 9.98. The minimum Gasteiger partial charge on any atom is -0.467 e. The maximum Gasteiger partial charge on any atom is 0.355 e. The molecule has 0 spiro atoms. The molecule has 146 valence electrons. The standard InChI is InChI=1S/C19H17NO8/c1-25-16(21)11-9-7-5-6-8-10-12(17(22)26-2)15(19(24)28-4)20(13(9)10)14(11)18(23)27-3/h5-8,14H,1-4H3. The predicted octanol–water partition coefficient (Wildman–Crippen LogP) is 1.30. The minimum atomic E-state index is -1.33. The topological polar surface area (TPSA) is 110 Å². The second-order valence-electron chi connectivity index (χ2n) is 5.80. The van der Waals surface area contributed by atoms with E-state index in [0.29, 0.717) is 16.8 Å². The third kappa shape index (κ3) is 2.55. The van der Waals surface area contributed by atoms with Gasteiger partial charge in [0.15, 0.2) is 6.04 Å². The Balaban J connectivity index is 2.49. The summed E-state index contributed by atoms with van der Waals surface area (Å²) in [5.74, 6) is -3.23.